The molecular weight excluding hydrogens is 212 g/mol. The maximum Gasteiger partial charge on any atom is 0.0666 e. The molecular formula is C11H22OS2. The molecule has 3 heteroatoms. The first-order valence-electron chi connectivity index (χ1n) is 5.72. The Morgan fingerprint density at radius 3 is 2.79 bits per heavy atom. The van der Waals surface area contributed by atoms with Crippen LogP contribution < -0.4 is 0 Å². The maximum atomic E-state index is 9.94. The standard InChI is InChI=1S/C11H22OS2/c1-2-3-4-5-6-10(12)11-9-13-7-8-14-11/h10-12H,2-9H2,1H3. The fraction of sp³-hybridized carbons (Fsp3) is 1.00. The molecule has 2 unspecified atom stereocenters. The molecule has 14 heavy (non-hydrogen) atoms. The highest BCUT2D eigenvalue weighted by atomic mass is 32.2. The van der Waals surface area contributed by atoms with Crippen molar-refractivity contribution in [1.29, 1.82) is 0 Å². The van der Waals surface area contributed by atoms with Crippen molar-refractivity contribution < 1.29 is 5.11 Å². The van der Waals surface area contributed by atoms with E-state index in [-0.39, 0.29) is 6.10 Å². The van der Waals surface area contributed by atoms with Crippen LogP contribution >= 0.6 is 23.5 Å². The first kappa shape index (κ1) is 12.7. The highest BCUT2D eigenvalue weighted by molar-refractivity contribution is 8.06. The van der Waals surface area contributed by atoms with Gasteiger partial charge in [0.15, 0.2) is 0 Å². The molecule has 0 bridgehead atoms. The number of hydrogen-bond acceptors (Lipinski definition) is 3. The van der Waals surface area contributed by atoms with Gasteiger partial charge in [-0.25, -0.2) is 0 Å². The molecule has 0 radical (unpaired) electrons. The molecule has 1 nitrogen and oxygen atoms in total. The van der Waals surface area contributed by atoms with Crippen molar-refractivity contribution in [3.63, 3.8) is 0 Å². The Hall–Kier alpha value is 0.660. The summed E-state index contributed by atoms with van der Waals surface area (Å²) in [4.78, 5) is 0. The van der Waals surface area contributed by atoms with E-state index in [1.807, 2.05) is 23.5 Å². The van der Waals surface area contributed by atoms with Crippen LogP contribution in [0.5, 0.6) is 0 Å². The van der Waals surface area contributed by atoms with Crippen molar-refractivity contribution in [2.45, 2.75) is 50.4 Å². The van der Waals surface area contributed by atoms with E-state index >= 15 is 0 Å². The largest absolute Gasteiger partial charge is 0.392 e. The molecule has 1 heterocycles. The average molecular weight is 234 g/mol. The van der Waals surface area contributed by atoms with E-state index in [9.17, 15) is 5.11 Å². The Bertz CT molecular complexity index is 135. The van der Waals surface area contributed by atoms with Crippen LogP contribution in [0.15, 0.2) is 0 Å². The summed E-state index contributed by atoms with van der Waals surface area (Å²) in [6, 6.07) is 0. The van der Waals surface area contributed by atoms with Crippen molar-refractivity contribution >= 4 is 23.5 Å². The van der Waals surface area contributed by atoms with Gasteiger partial charge in [0.25, 0.3) is 0 Å². The van der Waals surface area contributed by atoms with E-state index < -0.39 is 0 Å². The number of aliphatic hydroxyl groups excluding tert-OH is 1. The average Bonchev–Trinajstić information content (AvgIpc) is 2.25. The lowest BCUT2D eigenvalue weighted by molar-refractivity contribution is 0.163. The van der Waals surface area contributed by atoms with E-state index in [0.29, 0.717) is 5.25 Å². The Kier molecular flexibility index (Phi) is 7.17. The SMILES string of the molecule is CCCCCCC(O)C1CSCCS1. The smallest absolute Gasteiger partial charge is 0.0666 e. The molecule has 1 fully saturated rings. The van der Waals surface area contributed by atoms with Crippen molar-refractivity contribution in [3.05, 3.63) is 0 Å². The van der Waals surface area contributed by atoms with Crippen LogP contribution in [-0.2, 0) is 0 Å². The zero-order valence-corrected chi connectivity index (χ0v) is 10.7. The zero-order valence-electron chi connectivity index (χ0n) is 9.08. The molecule has 1 rings (SSSR count). The lowest BCUT2D eigenvalue weighted by Gasteiger charge is -2.25. The predicted molar refractivity (Wildman–Crippen MR) is 68.3 cm³/mol. The van der Waals surface area contributed by atoms with Gasteiger partial charge in [0.05, 0.1) is 6.10 Å². The van der Waals surface area contributed by atoms with E-state index in [4.69, 9.17) is 0 Å². The number of rotatable bonds is 6. The molecule has 84 valence electrons. The number of hydrogen-bond donors (Lipinski definition) is 1. The summed E-state index contributed by atoms with van der Waals surface area (Å²) in [5.41, 5.74) is 0. The molecule has 0 aromatic heterocycles. The van der Waals surface area contributed by atoms with Crippen LogP contribution in [0.3, 0.4) is 0 Å². The molecule has 1 saturated heterocycles. The van der Waals surface area contributed by atoms with Crippen LogP contribution in [0.1, 0.15) is 39.0 Å². The molecule has 0 aromatic carbocycles. The lowest BCUT2D eigenvalue weighted by atomic mass is 10.1. The molecule has 0 amide bonds. The molecule has 1 aliphatic rings. The van der Waals surface area contributed by atoms with Gasteiger partial charge in [-0.05, 0) is 6.42 Å². The Morgan fingerprint density at radius 1 is 1.29 bits per heavy atom. The highest BCUT2D eigenvalue weighted by Gasteiger charge is 2.21. The van der Waals surface area contributed by atoms with Gasteiger partial charge in [-0.2, -0.15) is 23.5 Å². The van der Waals surface area contributed by atoms with Gasteiger partial charge in [0, 0.05) is 22.5 Å². The highest BCUT2D eigenvalue weighted by Crippen LogP contribution is 2.28. The third kappa shape index (κ3) is 4.94. The minimum Gasteiger partial charge on any atom is -0.392 e. The third-order valence-corrected chi connectivity index (χ3v) is 5.53. The predicted octanol–water partition coefficient (Wildman–Crippen LogP) is 3.17. The van der Waals surface area contributed by atoms with Crippen molar-refractivity contribution in [1.82, 2.24) is 0 Å². The fourth-order valence-electron chi connectivity index (χ4n) is 1.69. The van der Waals surface area contributed by atoms with Crippen LogP contribution in [0.4, 0.5) is 0 Å². The Morgan fingerprint density at radius 2 is 2.14 bits per heavy atom. The van der Waals surface area contributed by atoms with E-state index in [1.54, 1.807) is 0 Å². The Balaban J connectivity index is 2.04. The summed E-state index contributed by atoms with van der Waals surface area (Å²) in [7, 11) is 0. The second-order valence-electron chi connectivity index (χ2n) is 3.90. The monoisotopic (exact) mass is 234 g/mol. The quantitative estimate of drug-likeness (QED) is 0.713. The van der Waals surface area contributed by atoms with Crippen LogP contribution in [0, 0.1) is 0 Å². The van der Waals surface area contributed by atoms with Crippen LogP contribution in [-0.4, -0.2) is 33.7 Å². The minimum atomic E-state index is -0.0512. The lowest BCUT2D eigenvalue weighted by Crippen LogP contribution is -2.28. The van der Waals surface area contributed by atoms with Gasteiger partial charge in [-0.15, -0.1) is 0 Å². The Labute approximate surface area is 96.4 Å². The normalized spacial score (nSPS) is 24.9. The first-order valence-corrected chi connectivity index (χ1v) is 7.92. The van der Waals surface area contributed by atoms with Crippen molar-refractivity contribution in [2.75, 3.05) is 17.3 Å². The number of unbranched alkanes of at least 4 members (excludes halogenated alkanes) is 3. The molecule has 0 aromatic rings. The van der Waals surface area contributed by atoms with Crippen LogP contribution in [0.2, 0.25) is 0 Å². The topological polar surface area (TPSA) is 20.2 Å². The summed E-state index contributed by atoms with van der Waals surface area (Å²) in [6.45, 7) is 2.23. The van der Waals surface area contributed by atoms with Gasteiger partial charge in [-0.1, -0.05) is 32.6 Å². The maximum absolute atomic E-state index is 9.94. The molecule has 2 atom stereocenters. The zero-order chi connectivity index (χ0) is 10.2. The van der Waals surface area contributed by atoms with Crippen molar-refractivity contribution in [3.8, 4) is 0 Å². The fourth-order valence-corrected chi connectivity index (χ4v) is 4.51. The molecule has 0 saturated carbocycles. The van der Waals surface area contributed by atoms with Crippen molar-refractivity contribution in [2.24, 2.45) is 0 Å². The van der Waals surface area contributed by atoms with Gasteiger partial charge in [-0.3, -0.25) is 0 Å². The second kappa shape index (κ2) is 7.89. The summed E-state index contributed by atoms with van der Waals surface area (Å²) in [5.74, 6) is 3.64. The first-order chi connectivity index (χ1) is 6.84. The van der Waals surface area contributed by atoms with Gasteiger partial charge < -0.3 is 5.11 Å². The summed E-state index contributed by atoms with van der Waals surface area (Å²) in [5, 5.41) is 10.4. The molecule has 0 spiro atoms. The third-order valence-electron chi connectivity index (χ3n) is 2.62. The molecule has 1 aliphatic heterocycles. The van der Waals surface area contributed by atoms with E-state index in [2.05, 4.69) is 6.92 Å². The van der Waals surface area contributed by atoms with Gasteiger partial charge in [0.1, 0.15) is 0 Å². The summed E-state index contributed by atoms with van der Waals surface area (Å²) < 4.78 is 0. The minimum absolute atomic E-state index is 0.0512. The van der Waals surface area contributed by atoms with Gasteiger partial charge >= 0.3 is 0 Å². The second-order valence-corrected chi connectivity index (χ2v) is 6.40. The molecule has 1 N–H and O–H groups in total. The van der Waals surface area contributed by atoms with Crippen LogP contribution in [0.25, 0.3) is 0 Å². The number of aliphatic hydroxyl groups is 1. The number of thioether (sulfide) groups is 2. The van der Waals surface area contributed by atoms with E-state index in [0.717, 1.165) is 12.2 Å². The summed E-state index contributed by atoms with van der Waals surface area (Å²) >= 11 is 3.96. The van der Waals surface area contributed by atoms with Gasteiger partial charge in [0.2, 0.25) is 0 Å². The summed E-state index contributed by atoms with van der Waals surface area (Å²) in [6.07, 6.45) is 6.06. The van der Waals surface area contributed by atoms with E-state index in [1.165, 1.54) is 37.2 Å². The molecule has 0 aliphatic carbocycles.